The quantitative estimate of drug-likeness (QED) is 0.459. The van der Waals surface area contributed by atoms with Crippen LogP contribution in [0.25, 0.3) is 0 Å². The van der Waals surface area contributed by atoms with E-state index in [1.54, 1.807) is 0 Å². The van der Waals surface area contributed by atoms with Crippen LogP contribution >= 0.6 is 12.9 Å². The monoisotopic (exact) mass is 246 g/mol. The van der Waals surface area contributed by atoms with E-state index < -0.39 is 24.0 Å². The molecule has 0 unspecified atom stereocenters. The van der Waals surface area contributed by atoms with E-state index in [9.17, 15) is 35.5 Å². The standard InChI is InChI=1S/C4HF7O2S/c5-2(6,1(12)13-14)3(7,8)4(9,10)11/h14H. The van der Waals surface area contributed by atoms with Crippen LogP contribution in [0.3, 0.4) is 0 Å². The van der Waals surface area contributed by atoms with Gasteiger partial charge in [-0.05, 0) is 0 Å². The van der Waals surface area contributed by atoms with Gasteiger partial charge >= 0.3 is 24.0 Å². The Balaban J connectivity index is 5.18. The van der Waals surface area contributed by atoms with Crippen molar-refractivity contribution in [2.75, 3.05) is 0 Å². The molecule has 0 aromatic rings. The Bertz CT molecular complexity index is 234. The molecule has 0 aromatic heterocycles. The molecule has 2 nitrogen and oxygen atoms in total. The lowest BCUT2D eigenvalue weighted by Crippen LogP contribution is -2.56. The zero-order chi connectivity index (χ0) is 11.8. The van der Waals surface area contributed by atoms with Crippen LogP contribution in [0.1, 0.15) is 0 Å². The predicted molar refractivity (Wildman–Crippen MR) is 31.0 cm³/mol. The van der Waals surface area contributed by atoms with Crippen molar-refractivity contribution in [2.45, 2.75) is 18.0 Å². The normalized spacial score (nSPS) is 14.0. The minimum absolute atomic E-state index is 2.41. The van der Waals surface area contributed by atoms with E-state index in [1.165, 1.54) is 0 Å². The number of hydrogen-bond donors (Lipinski definition) is 1. The van der Waals surface area contributed by atoms with Crippen molar-refractivity contribution in [3.8, 4) is 0 Å². The first-order valence-electron chi connectivity index (χ1n) is 2.66. The summed E-state index contributed by atoms with van der Waals surface area (Å²) in [5, 5.41) is 0. The molecule has 0 aromatic carbocycles. The van der Waals surface area contributed by atoms with Crippen molar-refractivity contribution in [3.05, 3.63) is 0 Å². The molecular weight excluding hydrogens is 245 g/mol. The van der Waals surface area contributed by atoms with Gasteiger partial charge in [-0.25, -0.2) is 4.79 Å². The van der Waals surface area contributed by atoms with E-state index in [0.29, 0.717) is 0 Å². The minimum Gasteiger partial charge on any atom is -0.390 e. The smallest absolute Gasteiger partial charge is 0.390 e. The summed E-state index contributed by atoms with van der Waals surface area (Å²) in [5.74, 6) is -15.6. The molecule has 0 N–H and O–H groups in total. The maximum absolute atomic E-state index is 12.1. The van der Waals surface area contributed by atoms with E-state index in [4.69, 9.17) is 0 Å². The lowest BCUT2D eigenvalue weighted by Gasteiger charge is -2.25. The van der Waals surface area contributed by atoms with Crippen LogP contribution in [-0.2, 0) is 8.98 Å². The van der Waals surface area contributed by atoms with Gasteiger partial charge in [0.2, 0.25) is 0 Å². The van der Waals surface area contributed by atoms with E-state index in [2.05, 4.69) is 17.1 Å². The van der Waals surface area contributed by atoms with Crippen LogP contribution in [0.4, 0.5) is 30.7 Å². The number of halogens is 7. The fourth-order valence-electron chi connectivity index (χ4n) is 0.364. The van der Waals surface area contributed by atoms with E-state index >= 15 is 0 Å². The SMILES string of the molecule is O=C(OS)C(F)(F)C(F)(F)C(F)(F)F. The zero-order valence-corrected chi connectivity index (χ0v) is 6.80. The van der Waals surface area contributed by atoms with Gasteiger partial charge in [0.15, 0.2) is 0 Å². The Morgan fingerprint density at radius 3 is 1.57 bits per heavy atom. The number of thiol groups is 1. The fourth-order valence-corrected chi connectivity index (χ4v) is 0.478. The van der Waals surface area contributed by atoms with Gasteiger partial charge in [0, 0.05) is 12.9 Å². The van der Waals surface area contributed by atoms with Gasteiger partial charge < -0.3 is 4.18 Å². The Labute approximate surface area is 77.6 Å². The zero-order valence-electron chi connectivity index (χ0n) is 5.91. The van der Waals surface area contributed by atoms with Gasteiger partial charge in [0.05, 0.1) is 0 Å². The molecule has 0 aliphatic rings. The summed E-state index contributed by atoms with van der Waals surface area (Å²) >= 11 is 2.41. The second-order valence-electron chi connectivity index (χ2n) is 2.03. The first kappa shape index (κ1) is 13.3. The number of rotatable bonds is 2. The highest BCUT2D eigenvalue weighted by atomic mass is 32.1. The highest BCUT2D eigenvalue weighted by Crippen LogP contribution is 2.46. The second-order valence-corrected chi connectivity index (χ2v) is 2.21. The Hall–Kier alpha value is -0.670. The fraction of sp³-hybridized carbons (Fsp3) is 0.750. The predicted octanol–water partition coefficient (Wildman–Crippen LogP) is 2.21. The summed E-state index contributed by atoms with van der Waals surface area (Å²) in [5.41, 5.74) is 0. The van der Waals surface area contributed by atoms with Crippen LogP contribution in [-0.4, -0.2) is 24.0 Å². The minimum atomic E-state index is -6.56. The van der Waals surface area contributed by atoms with Gasteiger partial charge in [0.25, 0.3) is 0 Å². The third-order valence-electron chi connectivity index (χ3n) is 1.09. The Morgan fingerprint density at radius 2 is 1.36 bits per heavy atom. The van der Waals surface area contributed by atoms with Crippen molar-refractivity contribution in [1.82, 2.24) is 0 Å². The summed E-state index contributed by atoms with van der Waals surface area (Å²) in [6.07, 6.45) is -6.56. The van der Waals surface area contributed by atoms with Gasteiger partial charge in [0.1, 0.15) is 0 Å². The van der Waals surface area contributed by atoms with Gasteiger partial charge in [-0.2, -0.15) is 30.7 Å². The third-order valence-corrected chi connectivity index (χ3v) is 1.26. The second kappa shape index (κ2) is 3.48. The molecule has 0 saturated heterocycles. The molecule has 0 rings (SSSR count). The topological polar surface area (TPSA) is 26.3 Å². The Kier molecular flexibility index (Phi) is 3.31. The number of alkyl halides is 7. The average Bonchev–Trinajstić information content (AvgIpc) is 2.00. The van der Waals surface area contributed by atoms with Gasteiger partial charge in [-0.15, -0.1) is 0 Å². The van der Waals surface area contributed by atoms with Crippen molar-refractivity contribution in [3.63, 3.8) is 0 Å². The van der Waals surface area contributed by atoms with Crippen molar-refractivity contribution in [2.24, 2.45) is 0 Å². The lowest BCUT2D eigenvalue weighted by atomic mass is 10.1. The van der Waals surface area contributed by atoms with Crippen molar-refractivity contribution >= 4 is 18.9 Å². The van der Waals surface area contributed by atoms with Crippen LogP contribution in [0.5, 0.6) is 0 Å². The van der Waals surface area contributed by atoms with E-state index in [0.717, 1.165) is 0 Å². The molecule has 0 radical (unpaired) electrons. The molecule has 84 valence electrons. The molecule has 0 atom stereocenters. The van der Waals surface area contributed by atoms with Gasteiger partial charge in [-0.3, -0.25) is 0 Å². The molecule has 0 saturated carbocycles. The molecule has 0 fully saturated rings. The van der Waals surface area contributed by atoms with E-state index in [-0.39, 0.29) is 0 Å². The summed E-state index contributed by atoms with van der Waals surface area (Å²) in [4.78, 5) is 9.90. The summed E-state index contributed by atoms with van der Waals surface area (Å²) < 4.78 is 85.0. The van der Waals surface area contributed by atoms with E-state index in [1.807, 2.05) is 0 Å². The van der Waals surface area contributed by atoms with Gasteiger partial charge in [-0.1, -0.05) is 0 Å². The van der Waals surface area contributed by atoms with Crippen LogP contribution in [0, 0.1) is 0 Å². The number of carbonyl (C=O) groups is 1. The lowest BCUT2D eigenvalue weighted by molar-refractivity contribution is -0.346. The maximum atomic E-state index is 12.1. The first-order valence-corrected chi connectivity index (χ1v) is 3.03. The molecule has 0 bridgehead atoms. The summed E-state index contributed by atoms with van der Waals surface area (Å²) in [7, 11) is 0. The van der Waals surface area contributed by atoms with Crippen molar-refractivity contribution < 1.29 is 39.7 Å². The summed E-state index contributed by atoms with van der Waals surface area (Å²) in [6, 6.07) is 0. The first-order chi connectivity index (χ1) is 5.98. The molecule has 0 heterocycles. The molecule has 0 aliphatic carbocycles. The highest BCUT2D eigenvalue weighted by molar-refractivity contribution is 7.75. The van der Waals surface area contributed by atoms with Crippen LogP contribution in [0.2, 0.25) is 0 Å². The highest BCUT2D eigenvalue weighted by Gasteiger charge is 2.77. The number of hydrogen-bond acceptors (Lipinski definition) is 3. The third kappa shape index (κ3) is 1.88. The molecular formula is C4HF7O2S. The average molecular weight is 246 g/mol. The van der Waals surface area contributed by atoms with Crippen LogP contribution in [0.15, 0.2) is 0 Å². The molecule has 14 heavy (non-hydrogen) atoms. The number of carbonyl (C=O) groups excluding carboxylic acids is 1. The molecule has 0 amide bonds. The maximum Gasteiger partial charge on any atom is 0.460 e. The molecule has 0 aliphatic heterocycles. The molecule has 0 spiro atoms. The summed E-state index contributed by atoms with van der Waals surface area (Å²) in [6.45, 7) is 0. The largest absolute Gasteiger partial charge is 0.460 e. The Morgan fingerprint density at radius 1 is 1.00 bits per heavy atom. The molecule has 10 heteroatoms. The van der Waals surface area contributed by atoms with Crippen LogP contribution < -0.4 is 0 Å². The van der Waals surface area contributed by atoms with Crippen molar-refractivity contribution in [1.29, 1.82) is 0 Å².